The van der Waals surface area contributed by atoms with Crippen LogP contribution in [0.25, 0.3) is 0 Å². The van der Waals surface area contributed by atoms with E-state index in [1.54, 1.807) is 38.1 Å². The van der Waals surface area contributed by atoms with E-state index in [0.717, 1.165) is 16.6 Å². The smallest absolute Gasteiger partial charge is 0.271 e. The number of halogens is 1. The third-order valence-corrected chi connectivity index (χ3v) is 6.67. The van der Waals surface area contributed by atoms with Crippen molar-refractivity contribution in [1.82, 2.24) is 10.2 Å². The summed E-state index contributed by atoms with van der Waals surface area (Å²) in [6.07, 6.45) is 1.62. The topological polar surface area (TPSA) is 130 Å². The van der Waals surface area contributed by atoms with Gasteiger partial charge in [-0.25, -0.2) is 8.42 Å². The van der Waals surface area contributed by atoms with Crippen molar-refractivity contribution in [2.45, 2.75) is 39.8 Å². The lowest BCUT2D eigenvalue weighted by Gasteiger charge is -2.31. The predicted octanol–water partition coefficient (Wildman–Crippen LogP) is 3.27. The highest BCUT2D eigenvalue weighted by Gasteiger charge is 2.31. The van der Waals surface area contributed by atoms with Gasteiger partial charge >= 0.3 is 0 Å². The van der Waals surface area contributed by atoms with E-state index in [2.05, 4.69) is 5.32 Å². The van der Waals surface area contributed by atoms with Crippen molar-refractivity contribution in [2.75, 3.05) is 23.7 Å². The van der Waals surface area contributed by atoms with Crippen molar-refractivity contribution in [3.8, 4) is 0 Å². The standard InChI is InChI=1S/C23H29ClN4O6S/c1-5-11-25-23(30)17(3)26(14-18-7-6-8-19(24)12-18)22(29)15-27(35(4,33)34)21-13-20(28(31)32)10-9-16(21)2/h6-10,12-13,17H,5,11,14-15H2,1-4H3,(H,25,30). The first-order valence-corrected chi connectivity index (χ1v) is 13.1. The van der Waals surface area contributed by atoms with E-state index in [-0.39, 0.29) is 23.8 Å². The molecule has 0 aliphatic carbocycles. The molecule has 12 heteroatoms. The molecule has 10 nitrogen and oxygen atoms in total. The SMILES string of the molecule is CCCNC(=O)C(C)N(Cc1cccc(Cl)c1)C(=O)CN(c1cc([N+](=O)[O-])ccc1C)S(C)(=O)=O. The van der Waals surface area contributed by atoms with E-state index >= 15 is 0 Å². The van der Waals surface area contributed by atoms with Gasteiger partial charge in [-0.15, -0.1) is 0 Å². The average Bonchev–Trinajstić information content (AvgIpc) is 2.78. The fraction of sp³-hybridized carbons (Fsp3) is 0.391. The van der Waals surface area contributed by atoms with Gasteiger partial charge in [0, 0.05) is 30.2 Å². The second-order valence-corrected chi connectivity index (χ2v) is 10.5. The summed E-state index contributed by atoms with van der Waals surface area (Å²) in [5.41, 5.74) is 0.790. The van der Waals surface area contributed by atoms with Gasteiger partial charge in [-0.05, 0) is 43.5 Å². The molecule has 0 aromatic heterocycles. The monoisotopic (exact) mass is 524 g/mol. The third-order valence-electron chi connectivity index (χ3n) is 5.31. The van der Waals surface area contributed by atoms with Gasteiger partial charge in [-0.1, -0.05) is 36.7 Å². The molecular weight excluding hydrogens is 496 g/mol. The average molecular weight is 525 g/mol. The Morgan fingerprint density at radius 1 is 1.20 bits per heavy atom. The van der Waals surface area contributed by atoms with Crippen LogP contribution >= 0.6 is 11.6 Å². The molecule has 0 aliphatic heterocycles. The molecule has 0 spiro atoms. The second kappa shape index (κ2) is 12.0. The van der Waals surface area contributed by atoms with Crippen LogP contribution in [0.15, 0.2) is 42.5 Å². The highest BCUT2D eigenvalue weighted by atomic mass is 35.5. The first-order valence-electron chi connectivity index (χ1n) is 10.9. The Hall–Kier alpha value is -3.18. The highest BCUT2D eigenvalue weighted by molar-refractivity contribution is 7.92. The summed E-state index contributed by atoms with van der Waals surface area (Å²) in [6.45, 7) is 4.82. The number of nitrogens with one attached hydrogen (secondary N) is 1. The van der Waals surface area contributed by atoms with Gasteiger partial charge in [-0.2, -0.15) is 0 Å². The molecular formula is C23H29ClN4O6S. The maximum absolute atomic E-state index is 13.5. The van der Waals surface area contributed by atoms with Crippen LogP contribution in [0, 0.1) is 17.0 Å². The van der Waals surface area contributed by atoms with Crippen LogP contribution in [0.4, 0.5) is 11.4 Å². The molecule has 2 amide bonds. The van der Waals surface area contributed by atoms with Crippen LogP contribution < -0.4 is 9.62 Å². The van der Waals surface area contributed by atoms with E-state index < -0.39 is 33.4 Å². The fourth-order valence-electron chi connectivity index (χ4n) is 3.39. The molecule has 0 fully saturated rings. The Balaban J connectivity index is 2.47. The van der Waals surface area contributed by atoms with E-state index in [1.165, 1.54) is 17.0 Å². The lowest BCUT2D eigenvalue weighted by molar-refractivity contribution is -0.384. The van der Waals surface area contributed by atoms with Crippen molar-refractivity contribution in [3.05, 3.63) is 68.7 Å². The summed E-state index contributed by atoms with van der Waals surface area (Å²) < 4.78 is 26.1. The minimum absolute atomic E-state index is 0.00558. The first-order chi connectivity index (χ1) is 16.3. The van der Waals surface area contributed by atoms with Crippen molar-refractivity contribution < 1.29 is 22.9 Å². The largest absolute Gasteiger partial charge is 0.354 e. The van der Waals surface area contributed by atoms with Crippen molar-refractivity contribution >= 4 is 44.8 Å². The maximum Gasteiger partial charge on any atom is 0.271 e. The number of sulfonamides is 1. The third kappa shape index (κ3) is 7.66. The number of benzene rings is 2. The Bertz CT molecular complexity index is 1200. The summed E-state index contributed by atoms with van der Waals surface area (Å²) in [4.78, 5) is 38.1. The van der Waals surface area contributed by atoms with Crippen LogP contribution in [0.2, 0.25) is 5.02 Å². The predicted molar refractivity (Wildman–Crippen MR) is 135 cm³/mol. The molecule has 190 valence electrons. The van der Waals surface area contributed by atoms with Gasteiger partial charge in [0.25, 0.3) is 5.69 Å². The lowest BCUT2D eigenvalue weighted by atomic mass is 10.1. The molecule has 0 aliphatic rings. The quantitative estimate of drug-likeness (QED) is 0.354. The number of anilines is 1. The molecule has 0 heterocycles. The number of amides is 2. The molecule has 2 aromatic carbocycles. The van der Waals surface area contributed by atoms with Gasteiger partial charge < -0.3 is 10.2 Å². The van der Waals surface area contributed by atoms with Crippen molar-refractivity contribution in [2.24, 2.45) is 0 Å². The van der Waals surface area contributed by atoms with E-state index in [9.17, 15) is 28.1 Å². The molecule has 1 unspecified atom stereocenters. The van der Waals surface area contributed by atoms with E-state index in [0.29, 0.717) is 29.1 Å². The zero-order chi connectivity index (χ0) is 26.3. The summed E-state index contributed by atoms with van der Waals surface area (Å²) >= 11 is 6.08. The van der Waals surface area contributed by atoms with Crippen LogP contribution in [-0.2, 0) is 26.2 Å². The number of carbonyl (C=O) groups excluding carboxylic acids is 2. The molecule has 0 radical (unpaired) electrons. The number of rotatable bonds is 11. The fourth-order valence-corrected chi connectivity index (χ4v) is 4.50. The first kappa shape index (κ1) is 28.1. The summed E-state index contributed by atoms with van der Waals surface area (Å²) in [5, 5.41) is 14.4. The Morgan fingerprint density at radius 3 is 2.46 bits per heavy atom. The number of nitro groups is 1. The zero-order valence-electron chi connectivity index (χ0n) is 20.0. The van der Waals surface area contributed by atoms with E-state index in [4.69, 9.17) is 11.6 Å². The van der Waals surface area contributed by atoms with Crippen molar-refractivity contribution in [3.63, 3.8) is 0 Å². The molecule has 0 bridgehead atoms. The normalized spacial score (nSPS) is 12.0. The van der Waals surface area contributed by atoms with Crippen LogP contribution in [0.5, 0.6) is 0 Å². The number of hydrogen-bond acceptors (Lipinski definition) is 6. The minimum atomic E-state index is -4.01. The number of non-ortho nitro benzene ring substituents is 1. The number of carbonyl (C=O) groups is 2. The van der Waals surface area contributed by atoms with Crippen LogP contribution in [-0.4, -0.2) is 55.4 Å². The Labute approximate surface area is 210 Å². The highest BCUT2D eigenvalue weighted by Crippen LogP contribution is 2.28. The van der Waals surface area contributed by atoms with Gasteiger partial charge in [0.1, 0.15) is 12.6 Å². The Kier molecular flexibility index (Phi) is 9.61. The lowest BCUT2D eigenvalue weighted by Crippen LogP contribution is -2.51. The van der Waals surface area contributed by atoms with Crippen molar-refractivity contribution in [1.29, 1.82) is 0 Å². The zero-order valence-corrected chi connectivity index (χ0v) is 21.6. The second-order valence-electron chi connectivity index (χ2n) is 8.12. The number of aryl methyl sites for hydroxylation is 1. The van der Waals surface area contributed by atoms with Crippen LogP contribution in [0.3, 0.4) is 0 Å². The summed E-state index contributed by atoms with van der Waals surface area (Å²) in [6, 6.07) is 9.64. The molecule has 2 aromatic rings. The molecule has 1 atom stereocenters. The maximum atomic E-state index is 13.5. The van der Waals surface area contributed by atoms with Gasteiger partial charge in [0.15, 0.2) is 0 Å². The van der Waals surface area contributed by atoms with Gasteiger partial charge in [0.2, 0.25) is 21.8 Å². The summed E-state index contributed by atoms with van der Waals surface area (Å²) in [7, 11) is -4.01. The molecule has 1 N–H and O–H groups in total. The molecule has 0 saturated carbocycles. The molecule has 35 heavy (non-hydrogen) atoms. The summed E-state index contributed by atoms with van der Waals surface area (Å²) in [5.74, 6) is -1.04. The minimum Gasteiger partial charge on any atom is -0.354 e. The number of nitrogens with zero attached hydrogens (tertiary/aromatic N) is 3. The van der Waals surface area contributed by atoms with Gasteiger partial charge in [-0.3, -0.25) is 24.0 Å². The van der Waals surface area contributed by atoms with Gasteiger partial charge in [0.05, 0.1) is 16.9 Å². The Morgan fingerprint density at radius 2 is 1.89 bits per heavy atom. The number of nitro benzene ring substituents is 1. The number of hydrogen-bond donors (Lipinski definition) is 1. The molecule has 2 rings (SSSR count). The van der Waals surface area contributed by atoms with Crippen LogP contribution in [0.1, 0.15) is 31.4 Å². The molecule has 0 saturated heterocycles. The van der Waals surface area contributed by atoms with E-state index in [1.807, 2.05) is 6.92 Å².